The molecule has 1 unspecified atom stereocenters. The van der Waals surface area contributed by atoms with Crippen LogP contribution in [0.3, 0.4) is 0 Å². The second-order valence-corrected chi connectivity index (χ2v) is 9.88. The molecule has 2 aromatic carbocycles. The van der Waals surface area contributed by atoms with Crippen molar-refractivity contribution in [3.63, 3.8) is 0 Å². The van der Waals surface area contributed by atoms with Gasteiger partial charge in [0.2, 0.25) is 5.91 Å². The van der Waals surface area contributed by atoms with E-state index >= 15 is 0 Å². The third kappa shape index (κ3) is 9.20. The van der Waals surface area contributed by atoms with Crippen molar-refractivity contribution < 1.29 is 40.7 Å². The van der Waals surface area contributed by atoms with Gasteiger partial charge >= 0.3 is 18.3 Å². The van der Waals surface area contributed by atoms with Gasteiger partial charge in [0.05, 0.1) is 35.4 Å². The Kier molecular flexibility index (Phi) is 9.34. The highest BCUT2D eigenvalue weighted by atomic mass is 35.5. The van der Waals surface area contributed by atoms with E-state index in [1.165, 1.54) is 45.0 Å². The summed E-state index contributed by atoms with van der Waals surface area (Å²) in [5.41, 5.74) is -1.77. The average Bonchev–Trinajstić information content (AvgIpc) is 2.70. The number of hydrogen-bond acceptors (Lipinski definition) is 3. The molecule has 0 bridgehead atoms. The highest BCUT2D eigenvalue weighted by molar-refractivity contribution is 6.33. The van der Waals surface area contributed by atoms with Crippen molar-refractivity contribution in [2.75, 3.05) is 5.32 Å². The van der Waals surface area contributed by atoms with Crippen LogP contribution in [0.25, 0.3) is 0 Å². The summed E-state index contributed by atoms with van der Waals surface area (Å²) in [6, 6.07) is 8.08. The maximum absolute atomic E-state index is 13.8. The predicted octanol–water partition coefficient (Wildman–Crippen LogP) is 8.05. The second kappa shape index (κ2) is 11.3. The van der Waals surface area contributed by atoms with E-state index in [4.69, 9.17) is 27.9 Å². The van der Waals surface area contributed by atoms with E-state index in [0.29, 0.717) is 0 Å². The number of carbonyl (C=O) groups excluding carboxylic acids is 2. The van der Waals surface area contributed by atoms with Gasteiger partial charge in [-0.3, -0.25) is 9.59 Å². The van der Waals surface area contributed by atoms with Crippen LogP contribution in [0.15, 0.2) is 42.5 Å². The van der Waals surface area contributed by atoms with Crippen molar-refractivity contribution in [2.45, 2.75) is 63.4 Å². The van der Waals surface area contributed by atoms with Crippen molar-refractivity contribution in [1.82, 2.24) is 0 Å². The summed E-state index contributed by atoms with van der Waals surface area (Å²) in [5.74, 6) is -6.26. The fraction of sp³-hybridized carbons (Fsp3) is 0.417. The van der Waals surface area contributed by atoms with E-state index in [0.717, 1.165) is 18.2 Å². The molecule has 0 spiro atoms. The van der Waals surface area contributed by atoms with Gasteiger partial charge in [0.25, 0.3) is 0 Å². The maximum atomic E-state index is 13.8. The molecule has 2 atom stereocenters. The minimum absolute atomic E-state index is 0.000374. The number of hydrogen-bond donors (Lipinski definition) is 1. The SMILES string of the molecule is CC(C)(C)OC(=O)CC(c1ccc(Cl)c(NC(=O)[C@@H](CC(F)(F)F)c2ccc(Cl)cc2)c1)C(F)(F)F. The number of alkyl halides is 6. The number of anilines is 1. The smallest absolute Gasteiger partial charge is 0.396 e. The first kappa shape index (κ1) is 29.8. The van der Waals surface area contributed by atoms with Crippen molar-refractivity contribution in [1.29, 1.82) is 0 Å². The van der Waals surface area contributed by atoms with E-state index in [2.05, 4.69) is 5.32 Å². The molecule has 2 rings (SSSR count). The lowest BCUT2D eigenvalue weighted by Gasteiger charge is -2.25. The molecule has 4 nitrogen and oxygen atoms in total. The van der Waals surface area contributed by atoms with Crippen LogP contribution in [-0.4, -0.2) is 29.8 Å². The summed E-state index contributed by atoms with van der Waals surface area (Å²) in [5, 5.41) is 2.23. The molecule has 0 aliphatic heterocycles. The summed E-state index contributed by atoms with van der Waals surface area (Å²) in [7, 11) is 0. The van der Waals surface area contributed by atoms with Crippen molar-refractivity contribution in [3.05, 3.63) is 63.6 Å². The van der Waals surface area contributed by atoms with Gasteiger partial charge in [0, 0.05) is 5.02 Å². The normalized spacial score (nSPS) is 14.2. The molecule has 0 aliphatic carbocycles. The molecule has 1 amide bonds. The van der Waals surface area contributed by atoms with Gasteiger partial charge in [-0.25, -0.2) is 0 Å². The Morgan fingerprint density at radius 2 is 1.47 bits per heavy atom. The molecule has 0 fully saturated rings. The molecule has 198 valence electrons. The number of rotatable bonds is 7. The van der Waals surface area contributed by atoms with E-state index < -0.39 is 60.1 Å². The lowest BCUT2D eigenvalue weighted by atomic mass is 9.93. The van der Waals surface area contributed by atoms with Crippen molar-refractivity contribution in [2.24, 2.45) is 0 Å². The van der Waals surface area contributed by atoms with Crippen molar-refractivity contribution in [3.8, 4) is 0 Å². The van der Waals surface area contributed by atoms with Crippen LogP contribution in [0.5, 0.6) is 0 Å². The van der Waals surface area contributed by atoms with Gasteiger partial charge in [0.15, 0.2) is 0 Å². The number of carbonyl (C=O) groups is 2. The van der Waals surface area contributed by atoms with E-state index in [9.17, 15) is 35.9 Å². The molecule has 12 heteroatoms. The Morgan fingerprint density at radius 3 is 1.97 bits per heavy atom. The first-order valence-corrected chi connectivity index (χ1v) is 11.3. The van der Waals surface area contributed by atoms with E-state index in [-0.39, 0.29) is 21.3 Å². The average molecular weight is 558 g/mol. The monoisotopic (exact) mass is 557 g/mol. The van der Waals surface area contributed by atoms with E-state index in [1.54, 1.807) is 0 Å². The molecule has 36 heavy (non-hydrogen) atoms. The molecular formula is C24H23Cl2F6NO3. The fourth-order valence-corrected chi connectivity index (χ4v) is 3.63. The lowest BCUT2D eigenvalue weighted by Crippen LogP contribution is -2.29. The zero-order valence-electron chi connectivity index (χ0n) is 19.4. The second-order valence-electron chi connectivity index (χ2n) is 9.04. The summed E-state index contributed by atoms with van der Waals surface area (Å²) in [6.07, 6.45) is -12.2. The standard InChI is InChI=1S/C24H23Cl2F6NO3/c1-22(2,3)36-20(34)11-17(24(30,31)32)14-6-9-18(26)19(10-14)33-21(35)16(12-23(27,28)29)13-4-7-15(25)8-5-13/h4-10,16-17H,11-12H2,1-3H3,(H,33,35)/t16-,17?/m0/s1. The van der Waals surface area contributed by atoms with Crippen LogP contribution in [0.1, 0.15) is 56.6 Å². The third-order valence-electron chi connectivity index (χ3n) is 4.86. The van der Waals surface area contributed by atoms with Crippen LogP contribution < -0.4 is 5.32 Å². The highest BCUT2D eigenvalue weighted by Crippen LogP contribution is 2.40. The van der Waals surface area contributed by atoms with Crippen LogP contribution in [0.2, 0.25) is 10.0 Å². The number of benzene rings is 2. The molecule has 0 radical (unpaired) electrons. The molecule has 2 aromatic rings. The minimum atomic E-state index is -4.87. The zero-order chi connectivity index (χ0) is 27.5. The summed E-state index contributed by atoms with van der Waals surface area (Å²) < 4.78 is 85.9. The van der Waals surface area contributed by atoms with Crippen LogP contribution in [0.4, 0.5) is 32.0 Å². The maximum Gasteiger partial charge on any atom is 0.396 e. The van der Waals surface area contributed by atoms with Crippen molar-refractivity contribution >= 4 is 40.8 Å². The summed E-state index contributed by atoms with van der Waals surface area (Å²) in [4.78, 5) is 24.9. The molecule has 0 saturated carbocycles. The molecule has 0 aliphatic rings. The first-order chi connectivity index (χ1) is 16.4. The number of esters is 1. The molecule has 0 aromatic heterocycles. The fourth-order valence-electron chi connectivity index (χ4n) is 3.34. The van der Waals surface area contributed by atoms with Crippen LogP contribution in [0, 0.1) is 0 Å². The first-order valence-electron chi connectivity index (χ1n) is 10.6. The van der Waals surface area contributed by atoms with Gasteiger partial charge in [-0.15, -0.1) is 0 Å². The van der Waals surface area contributed by atoms with Crippen LogP contribution in [-0.2, 0) is 14.3 Å². The Balaban J connectivity index is 2.38. The summed E-state index contributed by atoms with van der Waals surface area (Å²) in [6.45, 7) is 4.50. The number of amides is 1. The molecular weight excluding hydrogens is 535 g/mol. The van der Waals surface area contributed by atoms with Gasteiger partial charge in [0.1, 0.15) is 5.60 Å². The number of nitrogens with one attached hydrogen (secondary N) is 1. The number of ether oxygens (including phenoxy) is 1. The van der Waals surface area contributed by atoms with Gasteiger partial charge in [-0.1, -0.05) is 41.4 Å². The topological polar surface area (TPSA) is 55.4 Å². The van der Waals surface area contributed by atoms with Gasteiger partial charge < -0.3 is 10.1 Å². The van der Waals surface area contributed by atoms with Gasteiger partial charge in [-0.2, -0.15) is 26.3 Å². The number of halogens is 8. The summed E-state index contributed by atoms with van der Waals surface area (Å²) >= 11 is 11.8. The molecule has 0 heterocycles. The molecule has 1 N–H and O–H groups in total. The highest BCUT2D eigenvalue weighted by Gasteiger charge is 2.43. The van der Waals surface area contributed by atoms with E-state index in [1.807, 2.05) is 0 Å². The lowest BCUT2D eigenvalue weighted by molar-refractivity contribution is -0.172. The quantitative estimate of drug-likeness (QED) is 0.277. The zero-order valence-corrected chi connectivity index (χ0v) is 20.9. The van der Waals surface area contributed by atoms with Gasteiger partial charge in [-0.05, 0) is 56.2 Å². The van der Waals surface area contributed by atoms with Crippen LogP contribution >= 0.6 is 23.2 Å². The third-order valence-corrected chi connectivity index (χ3v) is 5.44. The Bertz CT molecular complexity index is 1080. The largest absolute Gasteiger partial charge is 0.460 e. The Morgan fingerprint density at radius 1 is 0.917 bits per heavy atom. The predicted molar refractivity (Wildman–Crippen MR) is 124 cm³/mol. The Hall–Kier alpha value is -2.46. The Labute approximate surface area is 213 Å². The minimum Gasteiger partial charge on any atom is -0.460 e. The molecule has 0 saturated heterocycles.